The van der Waals surface area contributed by atoms with E-state index in [0.29, 0.717) is 4.32 Å². The molecule has 11 heavy (non-hydrogen) atoms. The predicted octanol–water partition coefficient (Wildman–Crippen LogP) is 2.31. The third kappa shape index (κ3) is 4.43. The van der Waals surface area contributed by atoms with Gasteiger partial charge in [-0.2, -0.15) is 0 Å². The third-order valence-electron chi connectivity index (χ3n) is 1.03. The summed E-state index contributed by atoms with van der Waals surface area (Å²) in [6.45, 7) is 0. The van der Waals surface area contributed by atoms with Crippen molar-refractivity contribution in [2.45, 2.75) is 0 Å². The van der Waals surface area contributed by atoms with Crippen molar-refractivity contribution in [3.8, 4) is 0 Å². The Hall–Kier alpha value is -0.0205. The Morgan fingerprint density at radius 1 is 1.27 bits per heavy atom. The van der Waals surface area contributed by atoms with E-state index in [-0.39, 0.29) is 17.1 Å². The summed E-state index contributed by atoms with van der Waals surface area (Å²) in [5, 5.41) is 2.90. The maximum atomic E-state index is 4.73. The first-order chi connectivity index (χ1) is 4.79. The minimum absolute atomic E-state index is 0. The molecule has 0 amide bonds. The Morgan fingerprint density at radius 2 is 1.82 bits per heavy atom. The molecule has 0 radical (unpaired) electrons. The van der Waals surface area contributed by atoms with Crippen molar-refractivity contribution in [2.75, 3.05) is 5.32 Å². The Morgan fingerprint density at radius 3 is 2.27 bits per heavy atom. The van der Waals surface area contributed by atoms with Crippen LogP contribution in [0.1, 0.15) is 0 Å². The van der Waals surface area contributed by atoms with Crippen LogP contribution in [0.25, 0.3) is 0 Å². The molecule has 1 nitrogen and oxygen atoms in total. The summed E-state index contributed by atoms with van der Waals surface area (Å²) in [7, 11) is 0. The molecule has 0 aromatic heterocycles. The average Bonchev–Trinajstić information content (AvgIpc) is 1.88. The molecule has 1 aromatic rings. The van der Waals surface area contributed by atoms with Crippen molar-refractivity contribution in [1.82, 2.24) is 0 Å². The molecule has 1 aromatic carbocycles. The normalized spacial score (nSPS) is 8.09. The van der Waals surface area contributed by atoms with E-state index < -0.39 is 0 Å². The van der Waals surface area contributed by atoms with E-state index >= 15 is 0 Å². The Bertz CT molecular complexity index is 225. The molecule has 1 rings (SSSR count). The van der Waals surface area contributed by atoms with Crippen molar-refractivity contribution >= 4 is 34.9 Å². The molecule has 0 saturated carbocycles. The van der Waals surface area contributed by atoms with Gasteiger partial charge in [-0.3, -0.25) is 0 Å². The Balaban J connectivity index is 0.000001000. The van der Waals surface area contributed by atoms with Crippen molar-refractivity contribution in [3.05, 3.63) is 30.3 Å². The number of thiol groups is 1. The molecule has 0 aliphatic heterocycles. The van der Waals surface area contributed by atoms with E-state index in [1.54, 1.807) is 0 Å². The van der Waals surface area contributed by atoms with Crippen LogP contribution in [0, 0.1) is 0 Å². The molecule has 0 fully saturated rings. The van der Waals surface area contributed by atoms with Gasteiger partial charge in [-0.15, -0.1) is 12.6 Å². The summed E-state index contributed by atoms with van der Waals surface area (Å²) in [6, 6.07) is 9.69. The molecule has 0 unspecified atom stereocenters. The van der Waals surface area contributed by atoms with Crippen LogP contribution in [0.5, 0.6) is 0 Å². The zero-order valence-corrected chi connectivity index (χ0v) is 8.41. The van der Waals surface area contributed by atoms with Crippen molar-refractivity contribution in [3.63, 3.8) is 0 Å². The van der Waals surface area contributed by atoms with Crippen molar-refractivity contribution in [1.29, 1.82) is 0 Å². The molecule has 0 heterocycles. The fourth-order valence-corrected chi connectivity index (χ4v) is 0.892. The topological polar surface area (TPSA) is 12.0 Å². The largest absolute Gasteiger partial charge is 2.00 e. The molecule has 0 atom stereocenters. The van der Waals surface area contributed by atoms with Gasteiger partial charge in [0.2, 0.25) is 0 Å². The monoisotopic (exact) mass is 225 g/mol. The van der Waals surface area contributed by atoms with Gasteiger partial charge < -0.3 is 5.32 Å². The number of thiocarbonyl (C=S) groups is 1. The summed E-state index contributed by atoms with van der Waals surface area (Å²) in [5.74, 6) is 0. The molecule has 0 aliphatic carbocycles. The van der Waals surface area contributed by atoms with Crippen LogP contribution >= 0.6 is 24.8 Å². The van der Waals surface area contributed by atoms with Gasteiger partial charge >= 0.3 is 17.1 Å². The van der Waals surface area contributed by atoms with Crippen LogP contribution in [-0.4, -0.2) is 4.32 Å². The van der Waals surface area contributed by atoms with Crippen LogP contribution in [-0.2, 0) is 17.1 Å². The van der Waals surface area contributed by atoms with Gasteiger partial charge in [-0.1, -0.05) is 30.4 Å². The van der Waals surface area contributed by atoms with Crippen molar-refractivity contribution < 1.29 is 17.1 Å². The summed E-state index contributed by atoms with van der Waals surface area (Å²) < 4.78 is 0.492. The van der Waals surface area contributed by atoms with Crippen LogP contribution in [0.2, 0.25) is 0 Å². The van der Waals surface area contributed by atoms with Crippen LogP contribution < -0.4 is 5.32 Å². The Kier molecular flexibility index (Phi) is 5.60. The third-order valence-corrected chi connectivity index (χ3v) is 1.24. The second kappa shape index (κ2) is 5.61. The van der Waals surface area contributed by atoms with E-state index in [1.807, 2.05) is 30.3 Å². The predicted molar refractivity (Wildman–Crippen MR) is 51.6 cm³/mol. The molecule has 58 valence electrons. The molecule has 1 N–H and O–H groups in total. The smallest absolute Gasteiger partial charge is 0.341 e. The van der Waals surface area contributed by atoms with Gasteiger partial charge in [0.1, 0.15) is 4.32 Å². The number of benzene rings is 1. The number of para-hydroxylation sites is 1. The number of rotatable bonds is 1. The minimum atomic E-state index is 0. The molecule has 4 heteroatoms. The van der Waals surface area contributed by atoms with E-state index in [9.17, 15) is 0 Å². The van der Waals surface area contributed by atoms with Gasteiger partial charge in [0, 0.05) is 5.69 Å². The second-order valence-corrected chi connectivity index (χ2v) is 2.95. The standard InChI is InChI=1S/C7H7NS2.Fe/c9-7(10)8-6-4-2-1-3-5-6;/h1-5H,(H2,8,9,10);/q;+2. The zero-order chi connectivity index (χ0) is 7.40. The number of hydrogen-bond donors (Lipinski definition) is 2. The van der Waals surface area contributed by atoms with Gasteiger partial charge in [0.15, 0.2) is 0 Å². The zero-order valence-electron chi connectivity index (χ0n) is 5.60. The van der Waals surface area contributed by atoms with Gasteiger partial charge in [0.05, 0.1) is 0 Å². The van der Waals surface area contributed by atoms with Gasteiger partial charge in [-0.25, -0.2) is 0 Å². The quantitative estimate of drug-likeness (QED) is 0.432. The fraction of sp³-hybridized carbons (Fsp3) is 0. The Labute approximate surface area is 87.5 Å². The van der Waals surface area contributed by atoms with Crippen LogP contribution in [0.3, 0.4) is 0 Å². The van der Waals surface area contributed by atoms with E-state index in [2.05, 4.69) is 17.9 Å². The molecule has 0 spiro atoms. The minimum Gasteiger partial charge on any atom is -0.341 e. The number of hydrogen-bond acceptors (Lipinski definition) is 1. The number of anilines is 1. The van der Waals surface area contributed by atoms with Crippen molar-refractivity contribution in [2.24, 2.45) is 0 Å². The first kappa shape index (κ1) is 11.0. The maximum Gasteiger partial charge on any atom is 2.00 e. The first-order valence-corrected chi connectivity index (χ1v) is 3.69. The SMILES string of the molecule is S=C(S)Nc1ccccc1.[Fe+2]. The molecular weight excluding hydrogens is 218 g/mol. The molecule has 0 aliphatic rings. The fourth-order valence-electron chi connectivity index (χ4n) is 0.645. The van der Waals surface area contributed by atoms with E-state index in [4.69, 9.17) is 12.2 Å². The first-order valence-electron chi connectivity index (χ1n) is 2.84. The van der Waals surface area contributed by atoms with E-state index in [0.717, 1.165) is 5.69 Å². The molecule has 0 bridgehead atoms. The maximum absolute atomic E-state index is 4.73. The number of nitrogens with one attached hydrogen (secondary N) is 1. The molecular formula is C7H7FeNS2+2. The van der Waals surface area contributed by atoms with Gasteiger partial charge in [0.25, 0.3) is 0 Å². The average molecular weight is 225 g/mol. The van der Waals surface area contributed by atoms with Gasteiger partial charge in [-0.05, 0) is 12.1 Å². The summed E-state index contributed by atoms with van der Waals surface area (Å²) >= 11 is 8.66. The summed E-state index contributed by atoms with van der Waals surface area (Å²) in [4.78, 5) is 0. The summed E-state index contributed by atoms with van der Waals surface area (Å²) in [6.07, 6.45) is 0. The summed E-state index contributed by atoms with van der Waals surface area (Å²) in [5.41, 5.74) is 0.975. The second-order valence-electron chi connectivity index (χ2n) is 1.80. The van der Waals surface area contributed by atoms with Crippen LogP contribution in [0.15, 0.2) is 30.3 Å². The van der Waals surface area contributed by atoms with E-state index in [1.165, 1.54) is 0 Å². The molecule has 0 saturated heterocycles. The van der Waals surface area contributed by atoms with Crippen LogP contribution in [0.4, 0.5) is 5.69 Å².